The van der Waals surface area contributed by atoms with Crippen molar-refractivity contribution in [2.24, 2.45) is 0 Å². The Hall–Kier alpha value is -0.740. The molecule has 5 heteroatoms. The SMILES string of the molecule is O=C(CCS)Nc1ccc(Cl)cn1. The molecule has 0 aliphatic carbocycles. The highest BCUT2D eigenvalue weighted by Crippen LogP contribution is 2.09. The Labute approximate surface area is 86.9 Å². The first-order valence-electron chi connectivity index (χ1n) is 3.74. The van der Waals surface area contributed by atoms with Gasteiger partial charge in [-0.1, -0.05) is 11.6 Å². The molecule has 0 atom stereocenters. The van der Waals surface area contributed by atoms with Crippen molar-refractivity contribution < 1.29 is 4.79 Å². The van der Waals surface area contributed by atoms with E-state index in [0.29, 0.717) is 23.0 Å². The lowest BCUT2D eigenvalue weighted by molar-refractivity contribution is -0.115. The molecule has 3 nitrogen and oxygen atoms in total. The lowest BCUT2D eigenvalue weighted by atomic mass is 10.4. The molecular weight excluding hydrogens is 208 g/mol. The first-order chi connectivity index (χ1) is 6.22. The summed E-state index contributed by atoms with van der Waals surface area (Å²) in [6.07, 6.45) is 1.87. The van der Waals surface area contributed by atoms with Gasteiger partial charge in [0.15, 0.2) is 0 Å². The molecule has 0 spiro atoms. The second-order valence-corrected chi connectivity index (χ2v) is 3.27. The Bertz CT molecular complexity index is 289. The maximum Gasteiger partial charge on any atom is 0.226 e. The number of thiol groups is 1. The average Bonchev–Trinajstić information content (AvgIpc) is 2.09. The van der Waals surface area contributed by atoms with Crippen molar-refractivity contribution in [3.8, 4) is 0 Å². The van der Waals surface area contributed by atoms with Crippen molar-refractivity contribution in [1.82, 2.24) is 4.98 Å². The quantitative estimate of drug-likeness (QED) is 0.759. The average molecular weight is 217 g/mol. The summed E-state index contributed by atoms with van der Waals surface area (Å²) in [6, 6.07) is 3.32. The van der Waals surface area contributed by atoms with Crippen LogP contribution in [0.25, 0.3) is 0 Å². The molecule has 1 amide bonds. The Balaban J connectivity index is 2.54. The number of pyridine rings is 1. The molecule has 0 aliphatic heterocycles. The zero-order valence-corrected chi connectivity index (χ0v) is 8.48. The molecule has 0 fully saturated rings. The number of anilines is 1. The summed E-state index contributed by atoms with van der Waals surface area (Å²) in [5.41, 5.74) is 0. The van der Waals surface area contributed by atoms with Crippen LogP contribution in [0.4, 0.5) is 5.82 Å². The van der Waals surface area contributed by atoms with Gasteiger partial charge in [0, 0.05) is 12.6 Å². The summed E-state index contributed by atoms with van der Waals surface area (Å²) in [4.78, 5) is 15.0. The third-order valence-corrected chi connectivity index (χ3v) is 1.78. The van der Waals surface area contributed by atoms with Crippen LogP contribution in [0.15, 0.2) is 18.3 Å². The van der Waals surface area contributed by atoms with E-state index in [1.807, 2.05) is 0 Å². The van der Waals surface area contributed by atoms with E-state index in [1.165, 1.54) is 6.20 Å². The van der Waals surface area contributed by atoms with Crippen LogP contribution in [0.3, 0.4) is 0 Å². The lowest BCUT2D eigenvalue weighted by Gasteiger charge is -2.01. The Morgan fingerprint density at radius 3 is 2.92 bits per heavy atom. The van der Waals surface area contributed by atoms with Crippen molar-refractivity contribution in [3.63, 3.8) is 0 Å². The highest BCUT2D eigenvalue weighted by molar-refractivity contribution is 7.80. The van der Waals surface area contributed by atoms with Crippen molar-refractivity contribution in [2.45, 2.75) is 6.42 Å². The molecule has 70 valence electrons. The van der Waals surface area contributed by atoms with Crippen molar-refractivity contribution in [3.05, 3.63) is 23.4 Å². The molecule has 1 N–H and O–H groups in total. The van der Waals surface area contributed by atoms with Gasteiger partial charge in [0.1, 0.15) is 5.82 Å². The lowest BCUT2D eigenvalue weighted by Crippen LogP contribution is -2.12. The second kappa shape index (κ2) is 5.09. The van der Waals surface area contributed by atoms with Gasteiger partial charge < -0.3 is 5.32 Å². The highest BCUT2D eigenvalue weighted by Gasteiger charge is 2.00. The minimum Gasteiger partial charge on any atom is -0.311 e. The number of halogens is 1. The first-order valence-corrected chi connectivity index (χ1v) is 4.75. The topological polar surface area (TPSA) is 42.0 Å². The number of carbonyl (C=O) groups excluding carboxylic acids is 1. The van der Waals surface area contributed by atoms with E-state index in [9.17, 15) is 4.79 Å². The van der Waals surface area contributed by atoms with Crippen LogP contribution in [0.2, 0.25) is 5.02 Å². The summed E-state index contributed by atoms with van der Waals surface area (Å²) in [5.74, 6) is 0.945. The predicted molar refractivity (Wildman–Crippen MR) is 56.3 cm³/mol. The highest BCUT2D eigenvalue weighted by atomic mass is 35.5. The van der Waals surface area contributed by atoms with Crippen LogP contribution in [0.1, 0.15) is 6.42 Å². The van der Waals surface area contributed by atoms with Crippen LogP contribution in [0, 0.1) is 0 Å². The van der Waals surface area contributed by atoms with Crippen LogP contribution in [-0.2, 0) is 4.79 Å². The standard InChI is InChI=1S/C8H9ClN2OS/c9-6-1-2-7(10-5-6)11-8(12)3-4-13/h1-2,5,13H,3-4H2,(H,10,11,12). The molecule has 0 radical (unpaired) electrons. The van der Waals surface area contributed by atoms with E-state index < -0.39 is 0 Å². The van der Waals surface area contributed by atoms with Gasteiger partial charge in [-0.15, -0.1) is 0 Å². The van der Waals surface area contributed by atoms with E-state index in [4.69, 9.17) is 11.6 Å². The fourth-order valence-corrected chi connectivity index (χ4v) is 1.07. The molecular formula is C8H9ClN2OS. The van der Waals surface area contributed by atoms with Gasteiger partial charge >= 0.3 is 0 Å². The fourth-order valence-electron chi connectivity index (χ4n) is 0.757. The van der Waals surface area contributed by atoms with Crippen molar-refractivity contribution in [2.75, 3.05) is 11.1 Å². The summed E-state index contributed by atoms with van der Waals surface area (Å²) >= 11 is 9.56. The summed E-state index contributed by atoms with van der Waals surface area (Å²) < 4.78 is 0. The van der Waals surface area contributed by atoms with Crippen LogP contribution in [0.5, 0.6) is 0 Å². The van der Waals surface area contributed by atoms with Crippen LogP contribution < -0.4 is 5.32 Å². The zero-order chi connectivity index (χ0) is 9.68. The third kappa shape index (κ3) is 3.65. The molecule has 0 bridgehead atoms. The molecule has 0 saturated carbocycles. The number of rotatable bonds is 3. The zero-order valence-electron chi connectivity index (χ0n) is 6.83. The van der Waals surface area contributed by atoms with Gasteiger partial charge in [-0.25, -0.2) is 4.98 Å². The summed E-state index contributed by atoms with van der Waals surface area (Å²) in [6.45, 7) is 0. The molecule has 13 heavy (non-hydrogen) atoms. The van der Waals surface area contributed by atoms with Crippen LogP contribution >= 0.6 is 24.2 Å². The molecule has 0 aromatic carbocycles. The van der Waals surface area contributed by atoms with Crippen molar-refractivity contribution >= 4 is 36.0 Å². The number of nitrogens with one attached hydrogen (secondary N) is 1. The minimum atomic E-state index is -0.0928. The number of hydrogen-bond acceptors (Lipinski definition) is 3. The van der Waals surface area contributed by atoms with Gasteiger partial charge in [-0.3, -0.25) is 4.79 Å². The van der Waals surface area contributed by atoms with Gasteiger partial charge in [0.05, 0.1) is 5.02 Å². The number of nitrogens with zero attached hydrogens (tertiary/aromatic N) is 1. The van der Waals surface area contributed by atoms with Crippen LogP contribution in [-0.4, -0.2) is 16.6 Å². The smallest absolute Gasteiger partial charge is 0.226 e. The Kier molecular flexibility index (Phi) is 4.05. The molecule has 1 aromatic rings. The van der Waals surface area contributed by atoms with Gasteiger partial charge in [0.25, 0.3) is 0 Å². The molecule has 0 aliphatic rings. The van der Waals surface area contributed by atoms with E-state index in [2.05, 4.69) is 22.9 Å². The third-order valence-electron chi connectivity index (χ3n) is 1.33. The van der Waals surface area contributed by atoms with Crippen molar-refractivity contribution in [1.29, 1.82) is 0 Å². The second-order valence-electron chi connectivity index (χ2n) is 2.38. The maximum absolute atomic E-state index is 11.1. The molecule has 1 heterocycles. The number of aromatic nitrogens is 1. The number of hydrogen-bond donors (Lipinski definition) is 2. The predicted octanol–water partition coefficient (Wildman–Crippen LogP) is 1.99. The Morgan fingerprint density at radius 1 is 1.62 bits per heavy atom. The van der Waals surface area contributed by atoms with E-state index in [0.717, 1.165) is 0 Å². The maximum atomic E-state index is 11.1. The number of carbonyl (C=O) groups is 1. The molecule has 1 aromatic heterocycles. The molecule has 0 saturated heterocycles. The molecule has 1 rings (SSSR count). The largest absolute Gasteiger partial charge is 0.311 e. The fraction of sp³-hybridized carbons (Fsp3) is 0.250. The summed E-state index contributed by atoms with van der Waals surface area (Å²) in [5, 5.41) is 3.16. The number of amides is 1. The molecule has 0 unspecified atom stereocenters. The normalized spacial score (nSPS) is 9.69. The van der Waals surface area contributed by atoms with E-state index in [1.54, 1.807) is 12.1 Å². The summed E-state index contributed by atoms with van der Waals surface area (Å²) in [7, 11) is 0. The van der Waals surface area contributed by atoms with Gasteiger partial charge in [0.2, 0.25) is 5.91 Å². The minimum absolute atomic E-state index is 0.0928. The van der Waals surface area contributed by atoms with Gasteiger partial charge in [-0.2, -0.15) is 12.6 Å². The van der Waals surface area contributed by atoms with Gasteiger partial charge in [-0.05, 0) is 17.9 Å². The van der Waals surface area contributed by atoms with E-state index in [-0.39, 0.29) is 5.91 Å². The Morgan fingerprint density at radius 2 is 2.38 bits per heavy atom. The van der Waals surface area contributed by atoms with E-state index >= 15 is 0 Å². The first kappa shape index (κ1) is 10.3. The monoisotopic (exact) mass is 216 g/mol.